The van der Waals surface area contributed by atoms with Crippen LogP contribution >= 0.6 is 0 Å². The molecule has 0 spiro atoms. The van der Waals surface area contributed by atoms with Crippen LogP contribution in [0.25, 0.3) is 0 Å². The highest BCUT2D eigenvalue weighted by atomic mass is 16.3. The molecule has 1 aromatic heterocycles. The number of hydrogen-bond donors (Lipinski definition) is 0. The third-order valence-electron chi connectivity index (χ3n) is 4.15. The molecule has 4 rings (SSSR count). The van der Waals surface area contributed by atoms with E-state index < -0.39 is 0 Å². The van der Waals surface area contributed by atoms with Gasteiger partial charge in [0, 0.05) is 24.5 Å². The fourth-order valence-corrected chi connectivity index (χ4v) is 3.15. The normalized spacial score (nSPS) is 15.5. The number of para-hydroxylation sites is 2. The molecule has 22 heavy (non-hydrogen) atoms. The van der Waals surface area contributed by atoms with Crippen molar-refractivity contribution in [1.29, 1.82) is 0 Å². The van der Waals surface area contributed by atoms with Gasteiger partial charge in [0.15, 0.2) is 6.17 Å². The minimum atomic E-state index is 0.0970. The fourth-order valence-electron chi connectivity index (χ4n) is 3.15. The molecule has 0 aliphatic carbocycles. The Hall–Kier alpha value is -2.68. The Morgan fingerprint density at radius 1 is 0.682 bits per heavy atom. The lowest BCUT2D eigenvalue weighted by Crippen LogP contribution is -2.30. The molecule has 1 aliphatic rings. The third kappa shape index (κ3) is 2.25. The van der Waals surface area contributed by atoms with Gasteiger partial charge in [0.25, 0.3) is 0 Å². The van der Waals surface area contributed by atoms with Crippen molar-refractivity contribution < 1.29 is 4.42 Å². The van der Waals surface area contributed by atoms with Gasteiger partial charge in [-0.15, -0.1) is 0 Å². The number of rotatable bonds is 3. The minimum absolute atomic E-state index is 0.0970. The van der Waals surface area contributed by atoms with Crippen LogP contribution in [0.4, 0.5) is 11.4 Å². The van der Waals surface area contributed by atoms with Gasteiger partial charge in [-0.25, -0.2) is 0 Å². The topological polar surface area (TPSA) is 19.6 Å². The van der Waals surface area contributed by atoms with Crippen molar-refractivity contribution >= 4 is 11.4 Å². The first-order valence-electron chi connectivity index (χ1n) is 7.60. The molecule has 0 amide bonds. The predicted molar refractivity (Wildman–Crippen MR) is 89.0 cm³/mol. The highest BCUT2D eigenvalue weighted by molar-refractivity contribution is 5.57. The standard InChI is InChI=1S/C19H18N2O/c1-3-8-16(9-4-1)20-13-14-21(17-10-5-2-6-11-17)19(20)18-12-7-15-22-18/h1-12,15,19H,13-14H2. The van der Waals surface area contributed by atoms with Gasteiger partial charge in [-0.1, -0.05) is 36.4 Å². The lowest BCUT2D eigenvalue weighted by molar-refractivity contribution is 0.466. The van der Waals surface area contributed by atoms with E-state index in [-0.39, 0.29) is 6.17 Å². The van der Waals surface area contributed by atoms with Crippen LogP contribution < -0.4 is 9.80 Å². The predicted octanol–water partition coefficient (Wildman–Crippen LogP) is 4.31. The first-order valence-corrected chi connectivity index (χ1v) is 7.60. The van der Waals surface area contributed by atoms with Gasteiger partial charge in [0.05, 0.1) is 6.26 Å². The molecule has 0 N–H and O–H groups in total. The molecule has 0 saturated carbocycles. The Morgan fingerprint density at radius 2 is 1.23 bits per heavy atom. The van der Waals surface area contributed by atoms with Gasteiger partial charge in [0.2, 0.25) is 0 Å². The summed E-state index contributed by atoms with van der Waals surface area (Å²) in [7, 11) is 0. The van der Waals surface area contributed by atoms with Crippen LogP contribution in [0.1, 0.15) is 11.9 Å². The molecule has 110 valence electrons. The van der Waals surface area contributed by atoms with Crippen LogP contribution in [0.5, 0.6) is 0 Å². The Balaban J connectivity index is 1.75. The summed E-state index contributed by atoms with van der Waals surface area (Å²) in [5.74, 6) is 0.977. The first-order chi connectivity index (χ1) is 10.9. The second kappa shape index (κ2) is 5.60. The van der Waals surface area contributed by atoms with Crippen molar-refractivity contribution in [3.05, 3.63) is 84.8 Å². The van der Waals surface area contributed by atoms with Gasteiger partial charge < -0.3 is 14.2 Å². The summed E-state index contributed by atoms with van der Waals surface area (Å²) in [6.07, 6.45) is 1.85. The molecule has 2 heterocycles. The summed E-state index contributed by atoms with van der Waals surface area (Å²) < 4.78 is 5.74. The lowest BCUT2D eigenvalue weighted by Gasteiger charge is -2.31. The molecule has 0 atom stereocenters. The summed E-state index contributed by atoms with van der Waals surface area (Å²) in [6.45, 7) is 1.95. The Kier molecular flexibility index (Phi) is 3.31. The Morgan fingerprint density at radius 3 is 1.68 bits per heavy atom. The zero-order valence-corrected chi connectivity index (χ0v) is 12.3. The molecule has 3 aromatic rings. The molecule has 0 unspecified atom stereocenters. The van der Waals surface area contributed by atoms with Crippen LogP contribution in [-0.2, 0) is 0 Å². The molecule has 0 radical (unpaired) electrons. The molecular weight excluding hydrogens is 272 g/mol. The van der Waals surface area contributed by atoms with E-state index in [0.29, 0.717) is 0 Å². The average Bonchev–Trinajstić information content (AvgIpc) is 3.25. The molecule has 3 nitrogen and oxygen atoms in total. The van der Waals surface area contributed by atoms with E-state index in [1.54, 1.807) is 6.26 Å². The second-order valence-corrected chi connectivity index (χ2v) is 5.45. The number of nitrogens with zero attached hydrogens (tertiary/aromatic N) is 2. The van der Waals surface area contributed by atoms with Gasteiger partial charge in [-0.05, 0) is 36.4 Å². The van der Waals surface area contributed by atoms with Gasteiger partial charge in [-0.2, -0.15) is 0 Å². The highest BCUT2D eigenvalue weighted by Gasteiger charge is 2.35. The van der Waals surface area contributed by atoms with Crippen LogP contribution in [0.15, 0.2) is 83.5 Å². The zero-order valence-electron chi connectivity index (χ0n) is 12.3. The van der Waals surface area contributed by atoms with Crippen LogP contribution in [-0.4, -0.2) is 13.1 Å². The molecule has 3 heteroatoms. The summed E-state index contributed by atoms with van der Waals surface area (Å²) in [6, 6.07) is 25.1. The quantitative estimate of drug-likeness (QED) is 0.717. The molecule has 2 aromatic carbocycles. The maximum atomic E-state index is 5.74. The van der Waals surface area contributed by atoms with E-state index in [9.17, 15) is 0 Å². The molecule has 1 saturated heterocycles. The average molecular weight is 290 g/mol. The van der Waals surface area contributed by atoms with E-state index >= 15 is 0 Å². The van der Waals surface area contributed by atoms with Gasteiger partial charge >= 0.3 is 0 Å². The van der Waals surface area contributed by atoms with E-state index in [1.165, 1.54) is 11.4 Å². The number of benzene rings is 2. The molecule has 1 aliphatic heterocycles. The number of furan rings is 1. The second-order valence-electron chi connectivity index (χ2n) is 5.45. The number of anilines is 2. The van der Waals surface area contributed by atoms with Crippen molar-refractivity contribution in [2.45, 2.75) is 6.17 Å². The SMILES string of the molecule is c1ccc(N2CCN(c3ccccc3)C2c2ccco2)cc1. The number of hydrogen-bond acceptors (Lipinski definition) is 3. The van der Waals surface area contributed by atoms with Crippen molar-refractivity contribution in [3.63, 3.8) is 0 Å². The van der Waals surface area contributed by atoms with Crippen molar-refractivity contribution in [2.24, 2.45) is 0 Å². The zero-order chi connectivity index (χ0) is 14.8. The van der Waals surface area contributed by atoms with Crippen LogP contribution in [0.3, 0.4) is 0 Å². The van der Waals surface area contributed by atoms with E-state index in [4.69, 9.17) is 4.42 Å². The smallest absolute Gasteiger partial charge is 0.162 e. The third-order valence-corrected chi connectivity index (χ3v) is 4.15. The maximum absolute atomic E-state index is 5.74. The molecule has 0 bridgehead atoms. The van der Waals surface area contributed by atoms with Crippen molar-refractivity contribution in [3.8, 4) is 0 Å². The summed E-state index contributed by atoms with van der Waals surface area (Å²) >= 11 is 0. The molecular formula is C19H18N2O. The van der Waals surface area contributed by atoms with Crippen molar-refractivity contribution in [1.82, 2.24) is 0 Å². The fraction of sp³-hybridized carbons (Fsp3) is 0.158. The van der Waals surface area contributed by atoms with Crippen molar-refractivity contribution in [2.75, 3.05) is 22.9 Å². The summed E-state index contributed by atoms with van der Waals surface area (Å²) in [5.41, 5.74) is 2.45. The molecule has 1 fully saturated rings. The largest absolute Gasteiger partial charge is 0.465 e. The minimum Gasteiger partial charge on any atom is -0.465 e. The maximum Gasteiger partial charge on any atom is 0.162 e. The van der Waals surface area contributed by atoms with Gasteiger partial charge in [-0.3, -0.25) is 0 Å². The van der Waals surface area contributed by atoms with E-state index in [1.807, 2.05) is 6.07 Å². The summed E-state index contributed by atoms with van der Waals surface area (Å²) in [5, 5.41) is 0. The van der Waals surface area contributed by atoms with E-state index in [2.05, 4.69) is 76.5 Å². The Bertz CT molecular complexity index is 662. The highest BCUT2D eigenvalue weighted by Crippen LogP contribution is 2.37. The van der Waals surface area contributed by atoms with Gasteiger partial charge in [0.1, 0.15) is 5.76 Å². The summed E-state index contributed by atoms with van der Waals surface area (Å²) in [4.78, 5) is 4.79. The lowest BCUT2D eigenvalue weighted by atomic mass is 10.2. The Labute approximate surface area is 130 Å². The van der Waals surface area contributed by atoms with Crippen LogP contribution in [0, 0.1) is 0 Å². The van der Waals surface area contributed by atoms with E-state index in [0.717, 1.165) is 18.8 Å². The van der Waals surface area contributed by atoms with Crippen LogP contribution in [0.2, 0.25) is 0 Å². The first kappa shape index (κ1) is 13.0. The monoisotopic (exact) mass is 290 g/mol.